The summed E-state index contributed by atoms with van der Waals surface area (Å²) in [7, 11) is 0. The molecule has 0 amide bonds. The van der Waals surface area contributed by atoms with Crippen LogP contribution in [0.1, 0.15) is 24.5 Å². The smallest absolute Gasteiger partial charge is 0.140 e. The maximum absolute atomic E-state index is 9.33. The molecule has 3 aromatic rings. The largest absolute Gasteiger partial charge is 0.356 e. The maximum atomic E-state index is 9.33. The molecule has 0 aromatic carbocycles. The van der Waals surface area contributed by atoms with Gasteiger partial charge in [-0.25, -0.2) is 15.0 Å². The summed E-state index contributed by atoms with van der Waals surface area (Å²) < 4.78 is 0. The van der Waals surface area contributed by atoms with Gasteiger partial charge in [-0.1, -0.05) is 17.7 Å². The SMILES string of the molecule is N#CCC(/N=C/C(C=N)c1ncnc2[nH]ccc12)C1CCN(c2cccc(Cl)n2)C1. The molecule has 152 valence electrons. The van der Waals surface area contributed by atoms with Gasteiger partial charge in [-0.3, -0.25) is 4.99 Å². The highest BCUT2D eigenvalue weighted by molar-refractivity contribution is 6.29. The number of nitrogens with one attached hydrogen (secondary N) is 2. The second kappa shape index (κ2) is 9.01. The molecule has 3 aromatic heterocycles. The molecule has 0 radical (unpaired) electrons. The molecule has 0 bridgehead atoms. The van der Waals surface area contributed by atoms with Crippen molar-refractivity contribution in [2.45, 2.75) is 24.8 Å². The van der Waals surface area contributed by atoms with Crippen LogP contribution in [0.25, 0.3) is 11.0 Å². The first-order valence-corrected chi connectivity index (χ1v) is 10.1. The molecule has 30 heavy (non-hydrogen) atoms. The van der Waals surface area contributed by atoms with Gasteiger partial charge >= 0.3 is 0 Å². The molecule has 1 aliphatic rings. The molecule has 9 heteroatoms. The van der Waals surface area contributed by atoms with Crippen molar-refractivity contribution in [3.8, 4) is 6.07 Å². The van der Waals surface area contributed by atoms with Crippen molar-refractivity contribution in [1.29, 1.82) is 10.7 Å². The monoisotopic (exact) mass is 420 g/mol. The fourth-order valence-electron chi connectivity index (χ4n) is 3.87. The summed E-state index contributed by atoms with van der Waals surface area (Å²) in [6.45, 7) is 1.61. The third kappa shape index (κ3) is 4.16. The van der Waals surface area contributed by atoms with E-state index in [1.165, 1.54) is 12.5 Å². The van der Waals surface area contributed by atoms with Crippen LogP contribution in [0.2, 0.25) is 5.15 Å². The Morgan fingerprint density at radius 2 is 2.30 bits per heavy atom. The number of aliphatic imine (C=N–C) groups is 1. The standard InChI is InChI=1S/C21H21ClN8/c22-18-2-1-3-19(29-18)30-9-6-14(12-30)17(4-7-23)26-11-15(10-24)20-16-5-8-25-21(16)28-13-27-20/h1-3,5,8,10-11,13-15,17,24H,4,6,9,12H2,(H,25,27,28)/b24-10?,26-11+. The van der Waals surface area contributed by atoms with E-state index in [-0.39, 0.29) is 17.9 Å². The van der Waals surface area contributed by atoms with E-state index in [9.17, 15) is 5.26 Å². The van der Waals surface area contributed by atoms with Gasteiger partial charge in [-0.15, -0.1) is 0 Å². The van der Waals surface area contributed by atoms with Crippen LogP contribution >= 0.6 is 11.6 Å². The van der Waals surface area contributed by atoms with Crippen molar-refractivity contribution < 1.29 is 0 Å². The molecule has 2 N–H and O–H groups in total. The molecule has 0 saturated carbocycles. The van der Waals surface area contributed by atoms with Gasteiger partial charge in [-0.05, 0) is 24.6 Å². The first kappa shape index (κ1) is 20.0. The van der Waals surface area contributed by atoms with Crippen LogP contribution in [0.15, 0.2) is 41.8 Å². The van der Waals surface area contributed by atoms with Crippen molar-refractivity contribution in [3.63, 3.8) is 0 Å². The van der Waals surface area contributed by atoms with E-state index in [2.05, 4.69) is 30.9 Å². The normalized spacial score (nSPS) is 18.5. The molecule has 3 unspecified atom stereocenters. The zero-order valence-electron chi connectivity index (χ0n) is 16.2. The van der Waals surface area contributed by atoms with E-state index in [1.54, 1.807) is 18.5 Å². The summed E-state index contributed by atoms with van der Waals surface area (Å²) in [5.74, 6) is 0.697. The molecule has 4 heterocycles. The van der Waals surface area contributed by atoms with Crippen LogP contribution < -0.4 is 4.90 Å². The van der Waals surface area contributed by atoms with Crippen molar-refractivity contribution >= 4 is 40.9 Å². The lowest BCUT2D eigenvalue weighted by molar-refractivity contribution is 0.467. The first-order chi connectivity index (χ1) is 14.7. The number of aromatic amines is 1. The van der Waals surface area contributed by atoms with Crippen molar-refractivity contribution in [2.75, 3.05) is 18.0 Å². The highest BCUT2D eigenvalue weighted by Gasteiger charge is 2.30. The molecule has 4 rings (SSSR count). The summed E-state index contributed by atoms with van der Waals surface area (Å²) in [6.07, 6.45) is 7.59. The summed E-state index contributed by atoms with van der Waals surface area (Å²) in [4.78, 5) is 22.9. The predicted octanol–water partition coefficient (Wildman–Crippen LogP) is 3.62. The minimum absolute atomic E-state index is 0.148. The van der Waals surface area contributed by atoms with Gasteiger partial charge in [0.2, 0.25) is 0 Å². The van der Waals surface area contributed by atoms with Gasteiger partial charge in [0.15, 0.2) is 0 Å². The lowest BCUT2D eigenvalue weighted by Gasteiger charge is -2.20. The number of pyridine rings is 1. The van der Waals surface area contributed by atoms with E-state index in [4.69, 9.17) is 22.0 Å². The Labute approximate surface area is 179 Å². The Kier molecular flexibility index (Phi) is 6.00. The zero-order valence-corrected chi connectivity index (χ0v) is 17.0. The molecule has 1 saturated heterocycles. The highest BCUT2D eigenvalue weighted by Crippen LogP contribution is 2.28. The Morgan fingerprint density at radius 3 is 3.10 bits per heavy atom. The third-order valence-electron chi connectivity index (χ3n) is 5.41. The van der Waals surface area contributed by atoms with Crippen molar-refractivity contribution in [3.05, 3.63) is 47.6 Å². The minimum atomic E-state index is -0.375. The van der Waals surface area contributed by atoms with Crippen LogP contribution in [0, 0.1) is 22.7 Å². The van der Waals surface area contributed by atoms with Crippen molar-refractivity contribution in [2.24, 2.45) is 10.9 Å². The second-order valence-corrected chi connectivity index (χ2v) is 7.62. The lowest BCUT2D eigenvalue weighted by atomic mass is 9.96. The zero-order chi connectivity index (χ0) is 20.9. The number of halogens is 1. The first-order valence-electron chi connectivity index (χ1n) is 9.76. The van der Waals surface area contributed by atoms with Gasteiger partial charge in [0.05, 0.1) is 30.1 Å². The van der Waals surface area contributed by atoms with E-state index < -0.39 is 0 Å². The quantitative estimate of drug-likeness (QED) is 0.447. The second-order valence-electron chi connectivity index (χ2n) is 7.23. The number of rotatable bonds is 7. The van der Waals surface area contributed by atoms with Crippen LogP contribution in [-0.4, -0.2) is 51.5 Å². The number of aromatic nitrogens is 4. The lowest BCUT2D eigenvalue weighted by Crippen LogP contribution is -2.25. The molecule has 3 atom stereocenters. The average Bonchev–Trinajstić information content (AvgIpc) is 3.43. The summed E-state index contributed by atoms with van der Waals surface area (Å²) in [5, 5.41) is 18.5. The van der Waals surface area contributed by atoms with E-state index in [1.807, 2.05) is 18.2 Å². The molecular weight excluding hydrogens is 400 g/mol. The number of nitrogens with zero attached hydrogens (tertiary/aromatic N) is 6. The number of hydrogen-bond donors (Lipinski definition) is 2. The van der Waals surface area contributed by atoms with Crippen LogP contribution in [0.3, 0.4) is 0 Å². The maximum Gasteiger partial charge on any atom is 0.140 e. The highest BCUT2D eigenvalue weighted by atomic mass is 35.5. The molecule has 8 nitrogen and oxygen atoms in total. The molecular formula is C21H21ClN8. The molecule has 1 fully saturated rings. The van der Waals surface area contributed by atoms with Crippen molar-refractivity contribution in [1.82, 2.24) is 19.9 Å². The third-order valence-corrected chi connectivity index (χ3v) is 5.62. The number of fused-ring (bicyclic) bond motifs is 1. The molecule has 1 aliphatic heterocycles. The fourth-order valence-corrected chi connectivity index (χ4v) is 4.03. The van der Waals surface area contributed by atoms with Crippen LogP contribution in [-0.2, 0) is 0 Å². The number of nitriles is 1. The number of H-pyrrole nitrogens is 1. The Balaban J connectivity index is 1.52. The molecule has 0 spiro atoms. The average molecular weight is 421 g/mol. The van der Waals surface area contributed by atoms with E-state index >= 15 is 0 Å². The van der Waals surface area contributed by atoms with E-state index in [0.717, 1.165) is 42.1 Å². The van der Waals surface area contributed by atoms with Crippen LogP contribution in [0.5, 0.6) is 0 Å². The Bertz CT molecular complexity index is 1100. The minimum Gasteiger partial charge on any atom is -0.356 e. The van der Waals surface area contributed by atoms with E-state index in [0.29, 0.717) is 11.6 Å². The van der Waals surface area contributed by atoms with Gasteiger partial charge in [-0.2, -0.15) is 5.26 Å². The topological polar surface area (TPSA) is 118 Å². The predicted molar refractivity (Wildman–Crippen MR) is 117 cm³/mol. The number of hydrogen-bond acceptors (Lipinski definition) is 7. The Morgan fingerprint density at radius 1 is 1.40 bits per heavy atom. The number of anilines is 1. The van der Waals surface area contributed by atoms with Crippen LogP contribution in [0.4, 0.5) is 5.82 Å². The van der Waals surface area contributed by atoms with Gasteiger partial charge in [0, 0.05) is 43.0 Å². The van der Waals surface area contributed by atoms with Gasteiger partial charge < -0.3 is 15.3 Å². The summed E-state index contributed by atoms with van der Waals surface area (Å²) in [6, 6.07) is 9.60. The molecule has 0 aliphatic carbocycles. The van der Waals surface area contributed by atoms with Gasteiger partial charge in [0.1, 0.15) is 22.9 Å². The van der Waals surface area contributed by atoms with Gasteiger partial charge in [0.25, 0.3) is 0 Å². The summed E-state index contributed by atoms with van der Waals surface area (Å²) >= 11 is 6.03. The fraction of sp³-hybridized carbons (Fsp3) is 0.333. The Hall–Kier alpha value is -3.31. The summed E-state index contributed by atoms with van der Waals surface area (Å²) in [5.41, 5.74) is 1.46.